The zero-order chi connectivity index (χ0) is 13.1. The molecule has 7 heteroatoms. The molecule has 0 saturated carbocycles. The number of nitrogens with two attached hydrogens (primary N) is 1. The van der Waals surface area contributed by atoms with Crippen LogP contribution in [0, 0.1) is 20.8 Å². The number of aryl methyl sites for hydroxylation is 3. The first-order valence-corrected chi connectivity index (χ1v) is 5.58. The van der Waals surface area contributed by atoms with E-state index in [1.54, 1.807) is 6.07 Å². The fourth-order valence-electron chi connectivity index (χ4n) is 1.67. The molecule has 4 N–H and O–H groups in total. The molecule has 96 valence electrons. The number of anilines is 2. The van der Waals surface area contributed by atoms with E-state index < -0.39 is 0 Å². The second-order valence-corrected chi connectivity index (χ2v) is 3.99. The standard InChI is InChI=1S/C11H16N6O/c1-6-9(7(2)18-17-6)5-13-10-4-11(16-12)15-8(3)14-10/h4H,5,12H2,1-3H3,(H2,13,14,15,16). The highest BCUT2D eigenvalue weighted by Gasteiger charge is 2.09. The molecule has 2 rings (SSSR count). The summed E-state index contributed by atoms with van der Waals surface area (Å²) >= 11 is 0. The lowest BCUT2D eigenvalue weighted by Crippen LogP contribution is -2.11. The molecule has 0 atom stereocenters. The van der Waals surface area contributed by atoms with Crippen molar-refractivity contribution in [2.24, 2.45) is 5.84 Å². The number of hydrogen-bond acceptors (Lipinski definition) is 7. The number of nitrogen functional groups attached to an aromatic ring is 1. The molecule has 2 heterocycles. The van der Waals surface area contributed by atoms with Crippen LogP contribution in [0.3, 0.4) is 0 Å². The van der Waals surface area contributed by atoms with Gasteiger partial charge in [0, 0.05) is 18.2 Å². The Morgan fingerprint density at radius 2 is 1.94 bits per heavy atom. The molecular formula is C11H16N6O. The van der Waals surface area contributed by atoms with Gasteiger partial charge in [-0.2, -0.15) is 0 Å². The third-order valence-electron chi connectivity index (χ3n) is 2.61. The van der Waals surface area contributed by atoms with Crippen molar-refractivity contribution in [2.75, 3.05) is 10.7 Å². The highest BCUT2D eigenvalue weighted by Crippen LogP contribution is 2.15. The molecule has 0 amide bonds. The van der Waals surface area contributed by atoms with Crippen LogP contribution in [0.1, 0.15) is 22.8 Å². The maximum absolute atomic E-state index is 5.33. The zero-order valence-corrected chi connectivity index (χ0v) is 10.6. The van der Waals surface area contributed by atoms with E-state index in [-0.39, 0.29) is 0 Å². The Balaban J connectivity index is 2.13. The maximum atomic E-state index is 5.33. The summed E-state index contributed by atoms with van der Waals surface area (Å²) in [7, 11) is 0. The van der Waals surface area contributed by atoms with Crippen molar-refractivity contribution in [1.82, 2.24) is 15.1 Å². The first-order valence-electron chi connectivity index (χ1n) is 5.58. The number of nitrogens with one attached hydrogen (secondary N) is 2. The fourth-order valence-corrected chi connectivity index (χ4v) is 1.67. The van der Waals surface area contributed by atoms with Crippen molar-refractivity contribution < 1.29 is 4.52 Å². The monoisotopic (exact) mass is 248 g/mol. The molecule has 0 saturated heterocycles. The minimum atomic E-state index is 0.573. The first kappa shape index (κ1) is 12.3. The average Bonchev–Trinajstić information content (AvgIpc) is 2.66. The number of nitrogens with zero attached hydrogens (tertiary/aromatic N) is 3. The van der Waals surface area contributed by atoms with Crippen molar-refractivity contribution in [1.29, 1.82) is 0 Å². The lowest BCUT2D eigenvalue weighted by atomic mass is 10.2. The summed E-state index contributed by atoms with van der Waals surface area (Å²) in [5.41, 5.74) is 4.42. The van der Waals surface area contributed by atoms with Crippen LogP contribution >= 0.6 is 0 Å². The van der Waals surface area contributed by atoms with E-state index in [2.05, 4.69) is 25.9 Å². The van der Waals surface area contributed by atoms with Crippen LogP contribution in [0.4, 0.5) is 11.6 Å². The predicted octanol–water partition coefficient (Wildman–Crippen LogP) is 1.29. The van der Waals surface area contributed by atoms with Gasteiger partial charge in [0.2, 0.25) is 0 Å². The van der Waals surface area contributed by atoms with Gasteiger partial charge in [-0.1, -0.05) is 5.16 Å². The highest BCUT2D eigenvalue weighted by molar-refractivity contribution is 5.47. The van der Waals surface area contributed by atoms with Gasteiger partial charge < -0.3 is 15.3 Å². The lowest BCUT2D eigenvalue weighted by Gasteiger charge is -2.07. The second kappa shape index (κ2) is 5.01. The summed E-state index contributed by atoms with van der Waals surface area (Å²) in [5, 5.41) is 7.10. The molecule has 0 radical (unpaired) electrons. The Hall–Kier alpha value is -2.15. The summed E-state index contributed by atoms with van der Waals surface area (Å²) in [5.74, 6) is 8.06. The molecule has 2 aromatic heterocycles. The summed E-state index contributed by atoms with van der Waals surface area (Å²) < 4.78 is 5.10. The van der Waals surface area contributed by atoms with Crippen molar-refractivity contribution in [2.45, 2.75) is 27.3 Å². The molecule has 0 spiro atoms. The Bertz CT molecular complexity index is 531. The molecule has 7 nitrogen and oxygen atoms in total. The number of rotatable bonds is 4. The van der Waals surface area contributed by atoms with Gasteiger partial charge in [-0.15, -0.1) is 0 Å². The van der Waals surface area contributed by atoms with Crippen LogP contribution in [0.25, 0.3) is 0 Å². The molecule has 0 aromatic carbocycles. The molecule has 2 aromatic rings. The molecule has 0 bridgehead atoms. The predicted molar refractivity (Wildman–Crippen MR) is 67.9 cm³/mol. The van der Waals surface area contributed by atoms with Crippen LogP contribution < -0.4 is 16.6 Å². The second-order valence-electron chi connectivity index (χ2n) is 3.99. The van der Waals surface area contributed by atoms with E-state index in [1.807, 2.05) is 20.8 Å². The van der Waals surface area contributed by atoms with E-state index >= 15 is 0 Å². The van der Waals surface area contributed by atoms with Crippen molar-refractivity contribution in [3.8, 4) is 0 Å². The molecule has 0 aliphatic carbocycles. The fraction of sp³-hybridized carbons (Fsp3) is 0.364. The Labute approximate surface area is 105 Å². The van der Waals surface area contributed by atoms with E-state index in [1.165, 1.54) is 0 Å². The highest BCUT2D eigenvalue weighted by atomic mass is 16.5. The summed E-state index contributed by atoms with van der Waals surface area (Å²) in [6.07, 6.45) is 0. The average molecular weight is 248 g/mol. The normalized spacial score (nSPS) is 10.4. The molecule has 0 unspecified atom stereocenters. The van der Waals surface area contributed by atoms with E-state index in [9.17, 15) is 0 Å². The van der Waals surface area contributed by atoms with Gasteiger partial charge in [-0.3, -0.25) is 0 Å². The quantitative estimate of drug-likeness (QED) is 0.553. The van der Waals surface area contributed by atoms with Crippen LogP contribution in [0.5, 0.6) is 0 Å². The third-order valence-corrected chi connectivity index (χ3v) is 2.61. The Morgan fingerprint density at radius 1 is 1.22 bits per heavy atom. The molecule has 0 aliphatic heterocycles. The zero-order valence-electron chi connectivity index (χ0n) is 10.6. The Morgan fingerprint density at radius 3 is 2.56 bits per heavy atom. The van der Waals surface area contributed by atoms with Crippen LogP contribution in [0.2, 0.25) is 0 Å². The molecule has 0 fully saturated rings. The van der Waals surface area contributed by atoms with Gasteiger partial charge in [0.15, 0.2) is 0 Å². The minimum absolute atomic E-state index is 0.573. The molecular weight excluding hydrogens is 232 g/mol. The summed E-state index contributed by atoms with van der Waals surface area (Å²) in [6, 6.07) is 1.74. The van der Waals surface area contributed by atoms with Gasteiger partial charge in [0.25, 0.3) is 0 Å². The van der Waals surface area contributed by atoms with Gasteiger partial charge in [-0.25, -0.2) is 15.8 Å². The summed E-state index contributed by atoms with van der Waals surface area (Å²) in [6.45, 7) is 6.20. The summed E-state index contributed by atoms with van der Waals surface area (Å²) in [4.78, 5) is 8.39. The largest absolute Gasteiger partial charge is 0.366 e. The van der Waals surface area contributed by atoms with Gasteiger partial charge in [0.05, 0.1) is 5.69 Å². The van der Waals surface area contributed by atoms with Crippen molar-refractivity contribution in [3.05, 3.63) is 28.9 Å². The first-order chi connectivity index (χ1) is 8.60. The Kier molecular flexibility index (Phi) is 3.42. The van der Waals surface area contributed by atoms with Crippen molar-refractivity contribution in [3.63, 3.8) is 0 Å². The lowest BCUT2D eigenvalue weighted by molar-refractivity contribution is 0.392. The minimum Gasteiger partial charge on any atom is -0.366 e. The topological polar surface area (TPSA) is 102 Å². The third kappa shape index (κ3) is 2.57. The van der Waals surface area contributed by atoms with Crippen molar-refractivity contribution >= 4 is 11.6 Å². The number of hydrogen-bond donors (Lipinski definition) is 3. The smallest absolute Gasteiger partial charge is 0.145 e. The number of aromatic nitrogens is 3. The SMILES string of the molecule is Cc1nc(NN)cc(NCc2c(C)noc2C)n1. The van der Waals surface area contributed by atoms with Crippen LogP contribution in [0.15, 0.2) is 10.6 Å². The molecule has 18 heavy (non-hydrogen) atoms. The van der Waals surface area contributed by atoms with Gasteiger partial charge in [0.1, 0.15) is 23.2 Å². The number of hydrazine groups is 1. The van der Waals surface area contributed by atoms with E-state index in [4.69, 9.17) is 10.4 Å². The van der Waals surface area contributed by atoms with Gasteiger partial charge >= 0.3 is 0 Å². The van der Waals surface area contributed by atoms with E-state index in [0.717, 1.165) is 17.0 Å². The van der Waals surface area contributed by atoms with E-state index in [0.29, 0.717) is 24.0 Å². The van der Waals surface area contributed by atoms with Gasteiger partial charge in [-0.05, 0) is 20.8 Å². The van der Waals surface area contributed by atoms with Crippen LogP contribution in [-0.2, 0) is 6.54 Å². The van der Waals surface area contributed by atoms with Crippen LogP contribution in [-0.4, -0.2) is 15.1 Å². The maximum Gasteiger partial charge on any atom is 0.145 e. The molecule has 0 aliphatic rings.